The highest BCUT2D eigenvalue weighted by molar-refractivity contribution is 6.36. The predicted octanol–water partition coefficient (Wildman–Crippen LogP) is 3.83. The lowest BCUT2D eigenvalue weighted by Gasteiger charge is -2.38. The van der Waals surface area contributed by atoms with Gasteiger partial charge in [0.05, 0.1) is 15.9 Å². The third-order valence-electron chi connectivity index (χ3n) is 4.48. The topological polar surface area (TPSA) is 31.9 Å². The third-order valence-corrected chi connectivity index (χ3v) is 4.78. The van der Waals surface area contributed by atoms with Crippen molar-refractivity contribution in [3.63, 3.8) is 0 Å². The van der Waals surface area contributed by atoms with Crippen LogP contribution in [0.3, 0.4) is 0 Å². The van der Waals surface area contributed by atoms with E-state index in [1.807, 2.05) is 0 Å². The highest BCUT2D eigenvalue weighted by atomic mass is 35.5. The monoisotopic (exact) mass is 297 g/mol. The quantitative estimate of drug-likeness (QED) is 0.867. The smallest absolute Gasteiger partial charge is 0.160 e. The minimum Gasteiger partial charge on any atom is -0.349 e. The second-order valence-corrected chi connectivity index (χ2v) is 6.23. The van der Waals surface area contributed by atoms with E-state index in [0.717, 1.165) is 24.0 Å². The molecule has 1 atom stereocenters. The van der Waals surface area contributed by atoms with Crippen molar-refractivity contribution >= 4 is 28.3 Å². The van der Waals surface area contributed by atoms with E-state index in [1.165, 1.54) is 12.1 Å². The Morgan fingerprint density at radius 1 is 1.40 bits per heavy atom. The molecule has 4 rings (SSSR count). The van der Waals surface area contributed by atoms with E-state index in [0.29, 0.717) is 29.9 Å². The number of aromatic nitrogens is 2. The standard InChI is InChI=1S/C14H14ClF2N3/c15-10-5-9(17)6-11-12(10)13(19-18-11)20-4-1-8(16)7-14(20)2-3-14/h5-6,8H,1-4,7H2,(H,18,19). The average molecular weight is 298 g/mol. The lowest BCUT2D eigenvalue weighted by Crippen LogP contribution is -2.45. The maximum atomic E-state index is 13.6. The zero-order chi connectivity index (χ0) is 13.9. The number of rotatable bonds is 1. The summed E-state index contributed by atoms with van der Waals surface area (Å²) in [5.74, 6) is 0.343. The van der Waals surface area contributed by atoms with Crippen molar-refractivity contribution in [1.82, 2.24) is 10.2 Å². The summed E-state index contributed by atoms with van der Waals surface area (Å²) in [4.78, 5) is 2.16. The fourth-order valence-electron chi connectivity index (χ4n) is 3.33. The van der Waals surface area contributed by atoms with E-state index in [9.17, 15) is 8.78 Å². The van der Waals surface area contributed by atoms with Gasteiger partial charge in [-0.15, -0.1) is 0 Å². The van der Waals surface area contributed by atoms with Crippen molar-refractivity contribution in [3.05, 3.63) is 23.0 Å². The van der Waals surface area contributed by atoms with E-state index in [-0.39, 0.29) is 11.4 Å². The van der Waals surface area contributed by atoms with Crippen molar-refractivity contribution in [2.75, 3.05) is 11.4 Å². The molecule has 2 aliphatic rings. The van der Waals surface area contributed by atoms with Crippen LogP contribution < -0.4 is 4.90 Å². The SMILES string of the molecule is Fc1cc(Cl)c2c(N3CCC(F)CC34CC4)n[nH]c2c1. The van der Waals surface area contributed by atoms with Gasteiger partial charge in [-0.2, -0.15) is 5.10 Å². The number of anilines is 1. The molecule has 2 aromatic rings. The maximum absolute atomic E-state index is 13.6. The summed E-state index contributed by atoms with van der Waals surface area (Å²) >= 11 is 6.17. The molecule has 1 saturated carbocycles. The van der Waals surface area contributed by atoms with Gasteiger partial charge in [0.15, 0.2) is 5.82 Å². The number of nitrogens with zero attached hydrogens (tertiary/aromatic N) is 2. The molecule has 3 nitrogen and oxygen atoms in total. The van der Waals surface area contributed by atoms with Gasteiger partial charge in [0.2, 0.25) is 0 Å². The molecule has 6 heteroatoms. The van der Waals surface area contributed by atoms with Gasteiger partial charge in [0.1, 0.15) is 12.0 Å². The summed E-state index contributed by atoms with van der Waals surface area (Å²) in [7, 11) is 0. The van der Waals surface area contributed by atoms with Crippen LogP contribution in [0.25, 0.3) is 10.9 Å². The van der Waals surface area contributed by atoms with E-state index < -0.39 is 6.17 Å². The third kappa shape index (κ3) is 1.72. The van der Waals surface area contributed by atoms with E-state index in [1.54, 1.807) is 0 Å². The first kappa shape index (κ1) is 12.4. The lowest BCUT2D eigenvalue weighted by atomic mass is 9.98. The number of H-pyrrole nitrogens is 1. The van der Waals surface area contributed by atoms with Crippen LogP contribution in [0.1, 0.15) is 25.7 Å². The van der Waals surface area contributed by atoms with Crippen molar-refractivity contribution in [3.8, 4) is 0 Å². The molecular weight excluding hydrogens is 284 g/mol. The summed E-state index contributed by atoms with van der Waals surface area (Å²) < 4.78 is 27.0. The summed E-state index contributed by atoms with van der Waals surface area (Å²) in [6, 6.07) is 2.68. The molecule has 1 aromatic heterocycles. The molecule has 1 spiro atoms. The number of hydrogen-bond acceptors (Lipinski definition) is 2. The van der Waals surface area contributed by atoms with Crippen LogP contribution in [0.5, 0.6) is 0 Å². The molecule has 106 valence electrons. The fraction of sp³-hybridized carbons (Fsp3) is 0.500. The molecule has 1 aliphatic carbocycles. The van der Waals surface area contributed by atoms with Crippen LogP contribution in [-0.2, 0) is 0 Å². The first-order valence-electron chi connectivity index (χ1n) is 6.84. The molecule has 1 aliphatic heterocycles. The van der Waals surface area contributed by atoms with Crippen LogP contribution >= 0.6 is 11.6 Å². The molecule has 20 heavy (non-hydrogen) atoms. The Balaban J connectivity index is 1.83. The first-order chi connectivity index (χ1) is 9.59. The van der Waals surface area contributed by atoms with Crippen molar-refractivity contribution in [1.29, 1.82) is 0 Å². The molecule has 1 N–H and O–H groups in total. The van der Waals surface area contributed by atoms with Gasteiger partial charge in [-0.1, -0.05) is 11.6 Å². The van der Waals surface area contributed by atoms with Crippen LogP contribution in [0.4, 0.5) is 14.6 Å². The van der Waals surface area contributed by atoms with Gasteiger partial charge < -0.3 is 4.90 Å². The summed E-state index contributed by atoms with van der Waals surface area (Å²) in [5, 5.41) is 8.22. The van der Waals surface area contributed by atoms with Crippen LogP contribution in [0.15, 0.2) is 12.1 Å². The minimum absolute atomic E-state index is 0.0997. The molecule has 2 fully saturated rings. The molecule has 0 radical (unpaired) electrons. The number of aromatic amines is 1. The van der Waals surface area contributed by atoms with Crippen LogP contribution in [-0.4, -0.2) is 28.5 Å². The molecule has 0 bridgehead atoms. The van der Waals surface area contributed by atoms with Gasteiger partial charge >= 0.3 is 0 Å². The Hall–Kier alpha value is -1.36. The number of alkyl halides is 1. The van der Waals surface area contributed by atoms with Crippen molar-refractivity contribution in [2.24, 2.45) is 0 Å². The highest BCUT2D eigenvalue weighted by Crippen LogP contribution is 2.51. The summed E-state index contributed by atoms with van der Waals surface area (Å²) in [6.07, 6.45) is 2.31. The summed E-state index contributed by atoms with van der Waals surface area (Å²) in [5.41, 5.74) is 0.487. The van der Waals surface area contributed by atoms with Gasteiger partial charge in [0.25, 0.3) is 0 Å². The first-order valence-corrected chi connectivity index (χ1v) is 7.22. The fourth-order valence-corrected chi connectivity index (χ4v) is 3.62. The largest absolute Gasteiger partial charge is 0.349 e. The Morgan fingerprint density at radius 2 is 2.20 bits per heavy atom. The molecule has 0 amide bonds. The number of piperidine rings is 1. The van der Waals surface area contributed by atoms with Gasteiger partial charge in [-0.05, 0) is 31.4 Å². The number of nitrogens with one attached hydrogen (secondary N) is 1. The number of hydrogen-bond donors (Lipinski definition) is 1. The van der Waals surface area contributed by atoms with Gasteiger partial charge in [-0.25, -0.2) is 8.78 Å². The lowest BCUT2D eigenvalue weighted by molar-refractivity contribution is 0.236. The molecule has 2 heterocycles. The second-order valence-electron chi connectivity index (χ2n) is 5.82. The van der Waals surface area contributed by atoms with E-state index in [4.69, 9.17) is 11.6 Å². The Kier molecular flexibility index (Phi) is 2.52. The Morgan fingerprint density at radius 3 is 2.95 bits per heavy atom. The van der Waals surface area contributed by atoms with Crippen LogP contribution in [0, 0.1) is 5.82 Å². The van der Waals surface area contributed by atoms with Crippen molar-refractivity contribution in [2.45, 2.75) is 37.4 Å². The highest BCUT2D eigenvalue weighted by Gasteiger charge is 2.52. The zero-order valence-corrected chi connectivity index (χ0v) is 11.6. The van der Waals surface area contributed by atoms with Gasteiger partial charge in [-0.3, -0.25) is 5.10 Å². The second kappa shape index (κ2) is 4.07. The number of fused-ring (bicyclic) bond motifs is 1. The predicted molar refractivity (Wildman–Crippen MR) is 74.5 cm³/mol. The van der Waals surface area contributed by atoms with E-state index in [2.05, 4.69) is 15.1 Å². The van der Waals surface area contributed by atoms with E-state index >= 15 is 0 Å². The Labute approximate surface area is 119 Å². The van der Waals surface area contributed by atoms with Crippen LogP contribution in [0.2, 0.25) is 5.02 Å². The van der Waals surface area contributed by atoms with Crippen molar-refractivity contribution < 1.29 is 8.78 Å². The molecule has 1 unspecified atom stereocenters. The summed E-state index contributed by atoms with van der Waals surface area (Å²) in [6.45, 7) is 0.634. The van der Waals surface area contributed by atoms with Gasteiger partial charge in [0, 0.05) is 18.5 Å². The Bertz CT molecular complexity index is 680. The normalized spacial score (nSPS) is 24.6. The number of benzene rings is 1. The zero-order valence-electron chi connectivity index (χ0n) is 10.8. The number of halogens is 3. The average Bonchev–Trinajstić information content (AvgIpc) is 2.99. The molecule has 1 saturated heterocycles. The molecular formula is C14H14ClF2N3. The minimum atomic E-state index is -0.730. The molecule has 1 aromatic carbocycles. The maximum Gasteiger partial charge on any atom is 0.160 e.